The molecule has 0 spiro atoms. The third-order valence-electron chi connectivity index (χ3n) is 17.3. The molecule has 330 valence electrons. The highest BCUT2D eigenvalue weighted by atomic mass is 32.1. The van der Waals surface area contributed by atoms with Crippen molar-refractivity contribution in [3.8, 4) is 27.9 Å². The van der Waals surface area contributed by atoms with E-state index in [0.717, 1.165) is 21.9 Å². The van der Waals surface area contributed by atoms with Crippen LogP contribution in [0.2, 0.25) is 0 Å². The molecule has 15 rings (SSSR count). The summed E-state index contributed by atoms with van der Waals surface area (Å²) in [5.74, 6) is 0. The summed E-state index contributed by atoms with van der Waals surface area (Å²) in [4.78, 5) is 2.70. The summed E-state index contributed by atoms with van der Waals surface area (Å²) >= 11 is 1.93. The van der Waals surface area contributed by atoms with Crippen LogP contribution in [-0.4, -0.2) is 11.4 Å². The first-order valence-corrected chi connectivity index (χ1v) is 25.6. The van der Waals surface area contributed by atoms with Crippen molar-refractivity contribution in [3.63, 3.8) is 0 Å². The molecule has 3 nitrogen and oxygen atoms in total. The zero-order valence-electron chi connectivity index (χ0n) is 40.4. The lowest BCUT2D eigenvalue weighted by atomic mass is 9.43. The molecule has 0 radical (unpaired) electrons. The molecule has 0 unspecified atom stereocenters. The van der Waals surface area contributed by atoms with E-state index in [1.165, 1.54) is 133 Å². The Bertz CT molecular complexity index is 4110. The van der Waals surface area contributed by atoms with Crippen LogP contribution in [0.3, 0.4) is 0 Å². The minimum Gasteiger partial charge on any atom is -0.456 e. The molecule has 2 aliphatic carbocycles. The van der Waals surface area contributed by atoms with Crippen molar-refractivity contribution in [1.29, 1.82) is 0 Å². The molecule has 5 heterocycles. The summed E-state index contributed by atoms with van der Waals surface area (Å²) in [6.07, 6.45) is 2.34. The lowest BCUT2D eigenvalue weighted by Crippen LogP contribution is -2.60. The topological polar surface area (TPSA) is 21.3 Å². The average molecular weight is 897 g/mol. The third kappa shape index (κ3) is 4.81. The molecule has 0 bridgehead atoms. The van der Waals surface area contributed by atoms with Gasteiger partial charge in [-0.3, -0.25) is 0 Å². The Balaban J connectivity index is 1.21. The van der Waals surface area contributed by atoms with Crippen LogP contribution in [0.5, 0.6) is 0 Å². The fraction of sp³-hybridized carbons (Fsp3) is 0.238. The first kappa shape index (κ1) is 39.4. The van der Waals surface area contributed by atoms with Gasteiger partial charge in [-0.25, -0.2) is 0 Å². The summed E-state index contributed by atoms with van der Waals surface area (Å²) in [7, 11) is 0. The summed E-state index contributed by atoms with van der Waals surface area (Å²) in [5, 5.41) is 7.78. The van der Waals surface area contributed by atoms with E-state index in [9.17, 15) is 0 Å². The number of furan rings is 1. The van der Waals surface area contributed by atoms with Crippen LogP contribution in [-0.2, 0) is 21.7 Å². The van der Waals surface area contributed by atoms with Crippen molar-refractivity contribution >= 4 is 104 Å². The predicted molar refractivity (Wildman–Crippen MR) is 292 cm³/mol. The minimum absolute atomic E-state index is 0.0196. The molecule has 0 saturated carbocycles. The number of thiophene rings is 1. The van der Waals surface area contributed by atoms with Gasteiger partial charge >= 0.3 is 6.85 Å². The molecule has 2 aliphatic heterocycles. The van der Waals surface area contributed by atoms with Crippen LogP contribution < -0.4 is 15.7 Å². The van der Waals surface area contributed by atoms with Crippen LogP contribution in [0.1, 0.15) is 103 Å². The van der Waals surface area contributed by atoms with Crippen LogP contribution in [0.25, 0.3) is 91.9 Å². The normalized spacial score (nSPS) is 17.1. The molecule has 8 aromatic carbocycles. The maximum Gasteiger partial charge on any atom is 0.333 e. The molecule has 68 heavy (non-hydrogen) atoms. The van der Waals surface area contributed by atoms with Crippen molar-refractivity contribution in [2.45, 2.75) is 96.8 Å². The third-order valence-corrected chi connectivity index (χ3v) is 18.5. The number of hydrogen-bond acceptors (Lipinski definition) is 3. The molecule has 3 aromatic heterocycles. The standard InChI is InChI=1S/C63H53BN2OS/c1-60(2,3)34-22-24-35(25-23-34)66-48-33-51-39(36-16-11-14-20-50(36)67-51)28-41(48)55-54-38-18-10-13-19-43(38)63(8,9)57(54)56-42-29-44-45(62(6,7)27-26-61(44,4)5)31-47(42)65-49-30-40-37-17-12-15-21-52(37)68-53(40)32-46(49)64(66)58(55)59(56)65/h10-25,28-33H,26-27H2,1-9H3. The molecule has 0 amide bonds. The van der Waals surface area contributed by atoms with E-state index < -0.39 is 0 Å². The van der Waals surface area contributed by atoms with Crippen LogP contribution in [0.4, 0.5) is 11.4 Å². The Morgan fingerprint density at radius 1 is 0.574 bits per heavy atom. The summed E-state index contributed by atoms with van der Waals surface area (Å²) < 4.78 is 12.3. The minimum atomic E-state index is -0.263. The van der Waals surface area contributed by atoms with Crippen molar-refractivity contribution in [1.82, 2.24) is 4.57 Å². The number of rotatable bonds is 1. The Kier molecular flexibility index (Phi) is 7.28. The van der Waals surface area contributed by atoms with Gasteiger partial charge in [-0.2, -0.15) is 0 Å². The summed E-state index contributed by atoms with van der Waals surface area (Å²) in [5.41, 5.74) is 23.4. The van der Waals surface area contributed by atoms with E-state index in [2.05, 4.69) is 205 Å². The van der Waals surface area contributed by atoms with E-state index in [4.69, 9.17) is 4.42 Å². The van der Waals surface area contributed by atoms with Crippen LogP contribution in [0.15, 0.2) is 138 Å². The lowest BCUT2D eigenvalue weighted by Gasteiger charge is -2.43. The first-order valence-electron chi connectivity index (χ1n) is 24.7. The van der Waals surface area contributed by atoms with Crippen molar-refractivity contribution in [2.24, 2.45) is 0 Å². The van der Waals surface area contributed by atoms with Gasteiger partial charge in [0, 0.05) is 75.8 Å². The average Bonchev–Trinajstić information content (AvgIpc) is 4.04. The number of anilines is 2. The molecule has 0 fully saturated rings. The zero-order valence-corrected chi connectivity index (χ0v) is 41.2. The number of nitrogens with zero attached hydrogens (tertiary/aromatic N) is 2. The summed E-state index contributed by atoms with van der Waals surface area (Å²) in [6.45, 7) is 21.7. The molecular formula is C63H53BN2OS. The fourth-order valence-electron chi connectivity index (χ4n) is 13.8. The molecule has 0 atom stereocenters. The maximum absolute atomic E-state index is 6.84. The Morgan fingerprint density at radius 3 is 2.06 bits per heavy atom. The number of benzene rings is 8. The van der Waals surface area contributed by atoms with Crippen molar-refractivity contribution < 1.29 is 4.42 Å². The van der Waals surface area contributed by atoms with Gasteiger partial charge in [0.1, 0.15) is 11.2 Å². The number of fused-ring (bicyclic) bond motifs is 20. The van der Waals surface area contributed by atoms with Crippen LogP contribution in [0, 0.1) is 0 Å². The van der Waals surface area contributed by atoms with Crippen LogP contribution >= 0.6 is 11.3 Å². The molecule has 11 aromatic rings. The van der Waals surface area contributed by atoms with E-state index in [-0.39, 0.29) is 28.5 Å². The highest BCUT2D eigenvalue weighted by Crippen LogP contribution is 2.60. The quantitative estimate of drug-likeness (QED) is 0.153. The molecule has 5 heteroatoms. The smallest absolute Gasteiger partial charge is 0.333 e. The van der Waals surface area contributed by atoms with Gasteiger partial charge in [-0.15, -0.1) is 11.3 Å². The zero-order chi connectivity index (χ0) is 46.1. The molecule has 0 saturated heterocycles. The van der Waals surface area contributed by atoms with E-state index in [1.807, 2.05) is 11.3 Å². The van der Waals surface area contributed by atoms with Gasteiger partial charge in [-0.1, -0.05) is 135 Å². The Hall–Kier alpha value is -6.56. The molecule has 0 N–H and O–H groups in total. The Morgan fingerprint density at radius 2 is 1.28 bits per heavy atom. The second-order valence-electron chi connectivity index (χ2n) is 23.5. The predicted octanol–water partition coefficient (Wildman–Crippen LogP) is 16.2. The van der Waals surface area contributed by atoms with E-state index in [1.54, 1.807) is 0 Å². The molecule has 4 aliphatic rings. The second-order valence-corrected chi connectivity index (χ2v) is 24.6. The number of aromatic nitrogens is 1. The number of hydrogen-bond donors (Lipinski definition) is 0. The summed E-state index contributed by atoms with van der Waals surface area (Å²) in [6, 6.07) is 51.8. The van der Waals surface area contributed by atoms with E-state index >= 15 is 0 Å². The lowest BCUT2D eigenvalue weighted by molar-refractivity contribution is 0.332. The first-order chi connectivity index (χ1) is 32.6. The maximum atomic E-state index is 6.84. The van der Waals surface area contributed by atoms with Gasteiger partial charge in [0.15, 0.2) is 0 Å². The second kappa shape index (κ2) is 12.6. The van der Waals surface area contributed by atoms with Gasteiger partial charge in [0.05, 0.1) is 11.0 Å². The Labute approximate surface area is 402 Å². The van der Waals surface area contributed by atoms with Gasteiger partial charge in [0.25, 0.3) is 0 Å². The van der Waals surface area contributed by atoms with Crippen molar-refractivity contribution in [3.05, 3.63) is 161 Å². The fourth-order valence-corrected chi connectivity index (χ4v) is 14.9. The largest absolute Gasteiger partial charge is 0.456 e. The van der Waals surface area contributed by atoms with Gasteiger partial charge < -0.3 is 13.8 Å². The monoisotopic (exact) mass is 896 g/mol. The number of para-hydroxylation sites is 1. The van der Waals surface area contributed by atoms with Gasteiger partial charge in [-0.05, 0) is 139 Å². The SMILES string of the molecule is CC(C)(C)c1ccc(N2B3c4cc5sc6ccccc6c5cc4-n4c5cc6c(cc5c5c7c(c(c3c54)-c3cc4c(cc32)oc2ccccc24)-c2ccccc2C7(C)C)C(C)(C)CCC6(C)C)cc1. The van der Waals surface area contributed by atoms with E-state index in [0.29, 0.717) is 0 Å². The van der Waals surface area contributed by atoms with Gasteiger partial charge in [0.2, 0.25) is 0 Å². The van der Waals surface area contributed by atoms with Crippen molar-refractivity contribution in [2.75, 3.05) is 4.81 Å². The highest BCUT2D eigenvalue weighted by Gasteiger charge is 2.51. The highest BCUT2D eigenvalue weighted by molar-refractivity contribution is 7.26. The molecular weight excluding hydrogens is 844 g/mol.